The van der Waals surface area contributed by atoms with Crippen LogP contribution in [0.25, 0.3) is 22.1 Å². The van der Waals surface area contributed by atoms with Gasteiger partial charge in [-0.15, -0.1) is 0 Å². The lowest BCUT2D eigenvalue weighted by Crippen LogP contribution is -2.28. The third kappa shape index (κ3) is 5.05. The number of nitrogens with two attached hydrogens (primary N) is 1. The first kappa shape index (κ1) is 26.0. The quantitative estimate of drug-likeness (QED) is 0.342. The van der Waals surface area contributed by atoms with Crippen molar-refractivity contribution in [2.75, 3.05) is 13.1 Å². The van der Waals surface area contributed by atoms with Crippen LogP contribution in [-0.2, 0) is 24.2 Å². The summed E-state index contributed by atoms with van der Waals surface area (Å²) in [6.45, 7) is 4.04. The minimum atomic E-state index is -0.183. The van der Waals surface area contributed by atoms with Crippen LogP contribution < -0.4 is 11.3 Å². The third-order valence-corrected chi connectivity index (χ3v) is 8.61. The second-order valence-corrected chi connectivity index (χ2v) is 11.3. The molecule has 1 saturated carbocycles. The Hall–Kier alpha value is -3.30. The molecule has 4 aromatic heterocycles. The molecule has 0 bridgehead atoms. The first-order valence-corrected chi connectivity index (χ1v) is 14.4. The lowest BCUT2D eigenvalue weighted by molar-refractivity contribution is -0.127. The van der Waals surface area contributed by atoms with E-state index in [0.717, 1.165) is 77.2 Å². The Kier molecular flexibility index (Phi) is 7.12. The van der Waals surface area contributed by atoms with Crippen molar-refractivity contribution < 1.29 is 4.79 Å². The lowest BCUT2D eigenvalue weighted by Gasteiger charge is -2.16. The van der Waals surface area contributed by atoms with Crippen LogP contribution in [0.4, 0.5) is 0 Å². The van der Waals surface area contributed by atoms with Crippen LogP contribution in [0.15, 0.2) is 29.3 Å². The van der Waals surface area contributed by atoms with Crippen molar-refractivity contribution in [1.29, 1.82) is 0 Å². The van der Waals surface area contributed by atoms with E-state index < -0.39 is 0 Å². The SMILES string of the molecule is CCc1[nH]c2cc(Cc3cnc4c(c3)ncc(=O)n4CCCN3CCCC3=O)nc(C3CCC(N)C3)c2c1Cl. The molecule has 0 spiro atoms. The largest absolute Gasteiger partial charge is 0.357 e. The van der Waals surface area contributed by atoms with Gasteiger partial charge < -0.3 is 15.6 Å². The summed E-state index contributed by atoms with van der Waals surface area (Å²) in [5.74, 6) is 0.491. The highest BCUT2D eigenvalue weighted by Crippen LogP contribution is 2.40. The first-order chi connectivity index (χ1) is 18.9. The molecule has 2 fully saturated rings. The van der Waals surface area contributed by atoms with Crippen molar-refractivity contribution in [3.05, 3.63) is 62.5 Å². The smallest absolute Gasteiger partial charge is 0.270 e. The standard InChI is InChI=1S/C29H34ClN7O2/c1-2-21-27(30)26-22(35-21)14-20(34-28(26)18-6-7-19(31)13-18)11-17-12-23-29(33-15-17)37(25(39)16-32-23)10-4-9-36-8-3-5-24(36)38/h12,14-16,18-19,35H,2-11,13,31H2,1H3. The maximum absolute atomic E-state index is 12.6. The topological polar surface area (TPSA) is 123 Å². The summed E-state index contributed by atoms with van der Waals surface area (Å²) in [5.41, 5.74) is 12.3. The van der Waals surface area contributed by atoms with Crippen molar-refractivity contribution in [3.8, 4) is 0 Å². The molecule has 0 radical (unpaired) electrons. The molecule has 2 unspecified atom stereocenters. The highest BCUT2D eigenvalue weighted by Gasteiger charge is 2.28. The molecule has 204 valence electrons. The molecular weight excluding hydrogens is 514 g/mol. The first-order valence-electron chi connectivity index (χ1n) is 14.0. The van der Waals surface area contributed by atoms with Crippen molar-refractivity contribution in [2.45, 2.75) is 76.8 Å². The molecule has 3 N–H and O–H groups in total. The molecule has 2 aliphatic rings. The van der Waals surface area contributed by atoms with Crippen molar-refractivity contribution >= 4 is 39.6 Å². The van der Waals surface area contributed by atoms with E-state index in [-0.39, 0.29) is 17.5 Å². The van der Waals surface area contributed by atoms with Crippen LogP contribution in [0.2, 0.25) is 5.02 Å². The van der Waals surface area contributed by atoms with Gasteiger partial charge in [0.15, 0.2) is 5.65 Å². The Bertz CT molecular complexity index is 1610. The molecular formula is C29H34ClN7O2. The van der Waals surface area contributed by atoms with Gasteiger partial charge in [0.2, 0.25) is 5.91 Å². The summed E-state index contributed by atoms with van der Waals surface area (Å²) in [6, 6.07) is 4.26. The molecule has 9 nitrogen and oxygen atoms in total. The third-order valence-electron chi connectivity index (χ3n) is 8.19. The zero-order valence-corrected chi connectivity index (χ0v) is 23.0. The number of amides is 1. The van der Waals surface area contributed by atoms with E-state index in [0.29, 0.717) is 49.4 Å². The maximum Gasteiger partial charge on any atom is 0.270 e. The molecule has 1 aliphatic heterocycles. The minimum absolute atomic E-state index is 0.183. The van der Waals surface area contributed by atoms with Crippen LogP contribution in [-0.4, -0.2) is 54.4 Å². The van der Waals surface area contributed by atoms with E-state index in [4.69, 9.17) is 22.3 Å². The van der Waals surface area contributed by atoms with Gasteiger partial charge in [0.25, 0.3) is 5.56 Å². The molecule has 1 saturated heterocycles. The number of carbonyl (C=O) groups is 1. The van der Waals surface area contributed by atoms with E-state index in [9.17, 15) is 9.59 Å². The zero-order chi connectivity index (χ0) is 27.1. The number of aryl methyl sites for hydroxylation is 2. The predicted octanol–water partition coefficient (Wildman–Crippen LogP) is 4.08. The number of likely N-dealkylation sites (tertiary alicyclic amines) is 1. The van der Waals surface area contributed by atoms with E-state index in [1.54, 1.807) is 10.8 Å². The molecule has 1 aliphatic carbocycles. The van der Waals surface area contributed by atoms with Crippen LogP contribution in [0, 0.1) is 0 Å². The van der Waals surface area contributed by atoms with Crippen molar-refractivity contribution in [3.63, 3.8) is 0 Å². The molecule has 5 heterocycles. The number of pyridine rings is 2. The Morgan fingerprint density at radius 2 is 2.03 bits per heavy atom. The number of hydrogen-bond acceptors (Lipinski definition) is 6. The Labute approximate surface area is 231 Å². The monoisotopic (exact) mass is 547 g/mol. The normalized spacial score (nSPS) is 19.7. The van der Waals surface area contributed by atoms with Crippen LogP contribution >= 0.6 is 11.6 Å². The summed E-state index contributed by atoms with van der Waals surface area (Å²) in [6.07, 6.45) is 9.73. The molecule has 0 aromatic carbocycles. The summed E-state index contributed by atoms with van der Waals surface area (Å²) in [5, 5.41) is 1.79. The fourth-order valence-electron chi connectivity index (χ4n) is 6.18. The van der Waals surface area contributed by atoms with E-state index in [1.165, 1.54) is 6.20 Å². The lowest BCUT2D eigenvalue weighted by atomic mass is 9.98. The van der Waals surface area contributed by atoms with Crippen molar-refractivity contribution in [1.82, 2.24) is 29.4 Å². The van der Waals surface area contributed by atoms with Gasteiger partial charge in [0.1, 0.15) is 5.52 Å². The zero-order valence-electron chi connectivity index (χ0n) is 22.3. The van der Waals surface area contributed by atoms with Gasteiger partial charge >= 0.3 is 0 Å². The van der Waals surface area contributed by atoms with Crippen molar-refractivity contribution in [2.24, 2.45) is 5.73 Å². The number of aromatic amines is 1. The van der Waals surface area contributed by atoms with Gasteiger partial charge in [-0.1, -0.05) is 18.5 Å². The molecule has 4 aromatic rings. The van der Waals surface area contributed by atoms with Crippen LogP contribution in [0.3, 0.4) is 0 Å². The Morgan fingerprint density at radius 3 is 2.77 bits per heavy atom. The van der Waals surface area contributed by atoms with Gasteiger partial charge in [-0.3, -0.25) is 19.1 Å². The molecule has 6 rings (SSSR count). The minimum Gasteiger partial charge on any atom is -0.357 e. The highest BCUT2D eigenvalue weighted by molar-refractivity contribution is 6.36. The average molecular weight is 548 g/mol. The summed E-state index contributed by atoms with van der Waals surface area (Å²) in [7, 11) is 0. The molecule has 10 heteroatoms. The number of H-pyrrole nitrogens is 1. The number of fused-ring (bicyclic) bond motifs is 2. The van der Waals surface area contributed by atoms with Gasteiger partial charge in [0.05, 0.1) is 22.4 Å². The van der Waals surface area contributed by atoms with Crippen LogP contribution in [0.5, 0.6) is 0 Å². The number of hydrogen-bond donors (Lipinski definition) is 2. The van der Waals surface area contributed by atoms with E-state index in [1.807, 2.05) is 11.0 Å². The van der Waals surface area contributed by atoms with E-state index >= 15 is 0 Å². The maximum atomic E-state index is 12.6. The summed E-state index contributed by atoms with van der Waals surface area (Å²) >= 11 is 6.79. The van der Waals surface area contributed by atoms with Gasteiger partial charge in [-0.2, -0.15) is 0 Å². The second-order valence-electron chi connectivity index (χ2n) is 10.9. The number of nitrogens with one attached hydrogen (secondary N) is 1. The highest BCUT2D eigenvalue weighted by atomic mass is 35.5. The number of halogens is 1. The van der Waals surface area contributed by atoms with Gasteiger partial charge in [-0.25, -0.2) is 9.97 Å². The van der Waals surface area contributed by atoms with Crippen LogP contribution in [0.1, 0.15) is 74.0 Å². The number of rotatable bonds is 8. The molecule has 1 amide bonds. The average Bonchev–Trinajstić information content (AvgIpc) is 3.63. The Balaban J connectivity index is 1.28. The number of aromatic nitrogens is 5. The summed E-state index contributed by atoms with van der Waals surface area (Å²) in [4.78, 5) is 44.1. The summed E-state index contributed by atoms with van der Waals surface area (Å²) < 4.78 is 1.66. The molecule has 39 heavy (non-hydrogen) atoms. The predicted molar refractivity (Wildman–Crippen MR) is 152 cm³/mol. The van der Waals surface area contributed by atoms with Gasteiger partial charge in [-0.05, 0) is 56.2 Å². The second kappa shape index (κ2) is 10.7. The Morgan fingerprint density at radius 1 is 1.15 bits per heavy atom. The number of nitrogens with zero attached hydrogens (tertiary/aromatic N) is 5. The fraction of sp³-hybridized carbons (Fsp3) is 0.483. The fourth-order valence-corrected chi connectivity index (χ4v) is 6.56. The van der Waals surface area contributed by atoms with E-state index in [2.05, 4.69) is 27.9 Å². The number of carbonyl (C=O) groups excluding carboxylic acids is 1. The molecule has 2 atom stereocenters. The van der Waals surface area contributed by atoms with Gasteiger partial charge in [0, 0.05) is 67.4 Å².